The molecule has 2 rings (SSSR count). The summed E-state index contributed by atoms with van der Waals surface area (Å²) >= 11 is 0. The second kappa shape index (κ2) is 5.49. The number of furan rings is 1. The summed E-state index contributed by atoms with van der Waals surface area (Å²) in [6, 6.07) is 9.41. The fraction of sp³-hybridized carbons (Fsp3) is 0.375. The maximum atomic E-state index is 10.4. The van der Waals surface area contributed by atoms with E-state index in [1.165, 1.54) is 0 Å². The molecule has 0 aliphatic rings. The molecule has 1 atom stereocenters. The molecule has 19 heavy (non-hydrogen) atoms. The molecule has 3 nitrogen and oxygen atoms in total. The van der Waals surface area contributed by atoms with Crippen molar-refractivity contribution in [2.75, 3.05) is 0 Å². The van der Waals surface area contributed by atoms with Crippen LogP contribution in [0.25, 0.3) is 0 Å². The van der Waals surface area contributed by atoms with Crippen LogP contribution in [0.15, 0.2) is 34.7 Å². The minimum absolute atomic E-state index is 0.116. The van der Waals surface area contributed by atoms with Gasteiger partial charge in [-0.3, -0.25) is 0 Å². The van der Waals surface area contributed by atoms with Crippen molar-refractivity contribution < 1.29 is 14.3 Å². The largest absolute Gasteiger partial charge is 0.491 e. The second-order valence-corrected chi connectivity index (χ2v) is 5.01. The van der Waals surface area contributed by atoms with Crippen LogP contribution in [-0.4, -0.2) is 11.2 Å². The van der Waals surface area contributed by atoms with Gasteiger partial charge in [-0.1, -0.05) is 12.1 Å². The Bertz CT molecular complexity index is 555. The number of benzene rings is 1. The Kier molecular flexibility index (Phi) is 3.96. The molecule has 2 aromatic rings. The van der Waals surface area contributed by atoms with E-state index >= 15 is 0 Å². The van der Waals surface area contributed by atoms with E-state index in [-0.39, 0.29) is 6.10 Å². The second-order valence-electron chi connectivity index (χ2n) is 5.01. The minimum atomic E-state index is -0.687. The van der Waals surface area contributed by atoms with Gasteiger partial charge in [0.25, 0.3) is 0 Å². The highest BCUT2D eigenvalue weighted by atomic mass is 16.5. The van der Waals surface area contributed by atoms with E-state index in [4.69, 9.17) is 9.15 Å². The molecule has 0 aliphatic heterocycles. The van der Waals surface area contributed by atoms with Gasteiger partial charge in [-0.15, -0.1) is 0 Å². The summed E-state index contributed by atoms with van der Waals surface area (Å²) in [6.07, 6.45) is -0.571. The molecule has 3 heteroatoms. The lowest BCUT2D eigenvalue weighted by Crippen LogP contribution is -2.06. The van der Waals surface area contributed by atoms with E-state index in [0.29, 0.717) is 0 Å². The van der Waals surface area contributed by atoms with Gasteiger partial charge in [-0.25, -0.2) is 0 Å². The first kappa shape index (κ1) is 13.7. The molecule has 102 valence electrons. The molecule has 0 fully saturated rings. The van der Waals surface area contributed by atoms with Crippen molar-refractivity contribution in [3.63, 3.8) is 0 Å². The number of aryl methyl sites for hydroxylation is 2. The number of hydrogen-bond donors (Lipinski definition) is 1. The maximum absolute atomic E-state index is 10.4. The lowest BCUT2D eigenvalue weighted by molar-refractivity contribution is 0.214. The Hall–Kier alpha value is -1.74. The molecule has 1 aromatic heterocycles. The fourth-order valence-electron chi connectivity index (χ4n) is 2.13. The van der Waals surface area contributed by atoms with Crippen molar-refractivity contribution in [2.45, 2.75) is 39.9 Å². The summed E-state index contributed by atoms with van der Waals surface area (Å²) in [7, 11) is 0. The number of hydrogen-bond acceptors (Lipinski definition) is 3. The van der Waals surface area contributed by atoms with Gasteiger partial charge in [0, 0.05) is 5.56 Å². The summed E-state index contributed by atoms with van der Waals surface area (Å²) in [5, 5.41) is 10.4. The molecular formula is C16H20O3. The standard InChI is InChI=1S/C16H20O3/c1-10(2)18-14-7-5-6-13(9-14)16(17)15-8-11(3)19-12(15)4/h5-10,16-17H,1-4H3. The highest BCUT2D eigenvalue weighted by Gasteiger charge is 2.17. The summed E-state index contributed by atoms with van der Waals surface area (Å²) in [6.45, 7) is 7.70. The van der Waals surface area contributed by atoms with Crippen LogP contribution in [-0.2, 0) is 0 Å². The molecule has 0 spiro atoms. The summed E-state index contributed by atoms with van der Waals surface area (Å²) < 4.78 is 11.1. The monoisotopic (exact) mass is 260 g/mol. The van der Waals surface area contributed by atoms with Gasteiger partial charge >= 0.3 is 0 Å². The average Bonchev–Trinajstić information content (AvgIpc) is 2.67. The molecule has 1 aromatic carbocycles. The van der Waals surface area contributed by atoms with Gasteiger partial charge in [-0.05, 0) is 51.5 Å². The Balaban J connectivity index is 2.28. The van der Waals surface area contributed by atoms with E-state index < -0.39 is 6.10 Å². The first-order valence-corrected chi connectivity index (χ1v) is 6.49. The van der Waals surface area contributed by atoms with Crippen LogP contribution >= 0.6 is 0 Å². The highest BCUT2D eigenvalue weighted by Crippen LogP contribution is 2.29. The zero-order valence-electron chi connectivity index (χ0n) is 11.8. The summed E-state index contributed by atoms with van der Waals surface area (Å²) in [5.74, 6) is 2.32. The van der Waals surface area contributed by atoms with Gasteiger partial charge in [-0.2, -0.15) is 0 Å². The predicted molar refractivity (Wildman–Crippen MR) is 74.4 cm³/mol. The zero-order chi connectivity index (χ0) is 14.0. The third kappa shape index (κ3) is 3.18. The average molecular weight is 260 g/mol. The number of aliphatic hydroxyl groups excluding tert-OH is 1. The Morgan fingerprint density at radius 3 is 2.47 bits per heavy atom. The molecule has 0 saturated heterocycles. The number of rotatable bonds is 4. The zero-order valence-corrected chi connectivity index (χ0v) is 11.8. The van der Waals surface area contributed by atoms with E-state index in [9.17, 15) is 5.11 Å². The van der Waals surface area contributed by atoms with Crippen molar-refractivity contribution in [1.82, 2.24) is 0 Å². The van der Waals surface area contributed by atoms with E-state index in [2.05, 4.69) is 0 Å². The summed E-state index contributed by atoms with van der Waals surface area (Å²) in [4.78, 5) is 0. The van der Waals surface area contributed by atoms with E-state index in [1.807, 2.05) is 58.0 Å². The molecule has 0 radical (unpaired) electrons. The molecule has 0 aliphatic carbocycles. The molecule has 0 bridgehead atoms. The van der Waals surface area contributed by atoms with Crippen LogP contribution in [0.5, 0.6) is 5.75 Å². The van der Waals surface area contributed by atoms with E-state index in [1.54, 1.807) is 0 Å². The Labute approximate surface area is 113 Å². The smallest absolute Gasteiger partial charge is 0.120 e. The van der Waals surface area contributed by atoms with Gasteiger partial charge in [0.1, 0.15) is 23.4 Å². The van der Waals surface area contributed by atoms with Gasteiger partial charge < -0.3 is 14.3 Å². The van der Waals surface area contributed by atoms with Crippen LogP contribution in [0.3, 0.4) is 0 Å². The van der Waals surface area contributed by atoms with Crippen LogP contribution in [0, 0.1) is 13.8 Å². The number of ether oxygens (including phenoxy) is 1. The quantitative estimate of drug-likeness (QED) is 0.910. The summed E-state index contributed by atoms with van der Waals surface area (Å²) in [5.41, 5.74) is 1.61. The lowest BCUT2D eigenvalue weighted by atomic mass is 10.0. The number of aliphatic hydroxyl groups is 1. The van der Waals surface area contributed by atoms with Crippen LogP contribution in [0.4, 0.5) is 0 Å². The van der Waals surface area contributed by atoms with Crippen molar-refractivity contribution in [3.8, 4) is 5.75 Å². The minimum Gasteiger partial charge on any atom is -0.491 e. The van der Waals surface area contributed by atoms with Gasteiger partial charge in [0.2, 0.25) is 0 Å². The SMILES string of the molecule is Cc1cc(C(O)c2cccc(OC(C)C)c2)c(C)o1. The first-order chi connectivity index (χ1) is 8.97. The molecule has 0 saturated carbocycles. The Morgan fingerprint density at radius 2 is 1.89 bits per heavy atom. The van der Waals surface area contributed by atoms with Crippen molar-refractivity contribution >= 4 is 0 Å². The maximum Gasteiger partial charge on any atom is 0.120 e. The lowest BCUT2D eigenvalue weighted by Gasteiger charge is -2.14. The van der Waals surface area contributed by atoms with Gasteiger partial charge in [0.05, 0.1) is 6.10 Å². The Morgan fingerprint density at radius 1 is 1.16 bits per heavy atom. The molecule has 0 amide bonds. The predicted octanol–water partition coefficient (Wildman–Crippen LogP) is 3.77. The topological polar surface area (TPSA) is 42.6 Å². The van der Waals surface area contributed by atoms with Crippen LogP contribution in [0.2, 0.25) is 0 Å². The van der Waals surface area contributed by atoms with Crippen LogP contribution < -0.4 is 4.74 Å². The molecule has 1 heterocycles. The fourth-order valence-corrected chi connectivity index (χ4v) is 2.13. The third-order valence-corrected chi connectivity index (χ3v) is 2.92. The highest BCUT2D eigenvalue weighted by molar-refractivity contribution is 5.36. The molecule has 1 N–H and O–H groups in total. The molecule has 1 unspecified atom stereocenters. The first-order valence-electron chi connectivity index (χ1n) is 6.49. The third-order valence-electron chi connectivity index (χ3n) is 2.92. The van der Waals surface area contributed by atoms with E-state index in [0.717, 1.165) is 28.4 Å². The van der Waals surface area contributed by atoms with Crippen molar-refractivity contribution in [2.24, 2.45) is 0 Å². The molecular weight excluding hydrogens is 240 g/mol. The van der Waals surface area contributed by atoms with Crippen LogP contribution in [0.1, 0.15) is 42.6 Å². The van der Waals surface area contributed by atoms with Gasteiger partial charge in [0.15, 0.2) is 0 Å². The van der Waals surface area contributed by atoms with Crippen molar-refractivity contribution in [1.29, 1.82) is 0 Å². The van der Waals surface area contributed by atoms with Crippen molar-refractivity contribution in [3.05, 3.63) is 53.0 Å². The normalized spacial score (nSPS) is 12.7.